The number of hydrogen-bond acceptors (Lipinski definition) is 3. The fourth-order valence-electron chi connectivity index (χ4n) is 3.41. The number of aromatic hydroxyl groups is 1. The van der Waals surface area contributed by atoms with Crippen LogP contribution in [0, 0.1) is 5.82 Å². The molecule has 1 fully saturated rings. The van der Waals surface area contributed by atoms with Crippen LogP contribution in [0.3, 0.4) is 0 Å². The maximum absolute atomic E-state index is 13.2. The Hall–Kier alpha value is -2.76. The van der Waals surface area contributed by atoms with Crippen molar-refractivity contribution in [2.75, 3.05) is 44.7 Å². The highest BCUT2D eigenvalue weighted by Crippen LogP contribution is 2.27. The summed E-state index contributed by atoms with van der Waals surface area (Å²) < 4.78 is 13.2. The first-order valence-corrected chi connectivity index (χ1v) is 9.40. The SMILES string of the molecule is CN=C(NCCCc1cccc(F)c1)N1CCN(c2ccccc2O)CC1. The molecule has 0 aliphatic carbocycles. The van der Waals surface area contributed by atoms with Crippen LogP contribution in [0.5, 0.6) is 5.75 Å². The van der Waals surface area contributed by atoms with Crippen molar-refractivity contribution in [1.29, 1.82) is 0 Å². The van der Waals surface area contributed by atoms with Crippen LogP contribution in [0.2, 0.25) is 0 Å². The lowest BCUT2D eigenvalue weighted by molar-refractivity contribution is 0.369. The van der Waals surface area contributed by atoms with Crippen LogP contribution >= 0.6 is 0 Å². The Bertz CT molecular complexity index is 772. The quantitative estimate of drug-likeness (QED) is 0.483. The summed E-state index contributed by atoms with van der Waals surface area (Å²) in [5, 5.41) is 13.4. The summed E-state index contributed by atoms with van der Waals surface area (Å²) in [6, 6.07) is 14.2. The number of phenolic OH excluding ortho intramolecular Hbond substituents is 1. The molecule has 0 spiro atoms. The van der Waals surface area contributed by atoms with Crippen LogP contribution in [0.4, 0.5) is 10.1 Å². The lowest BCUT2D eigenvalue weighted by Gasteiger charge is -2.37. The second-order valence-corrected chi connectivity index (χ2v) is 6.67. The van der Waals surface area contributed by atoms with Crippen molar-refractivity contribution in [3.05, 3.63) is 59.9 Å². The Balaban J connectivity index is 1.44. The van der Waals surface area contributed by atoms with E-state index < -0.39 is 0 Å². The van der Waals surface area contributed by atoms with E-state index >= 15 is 0 Å². The number of aliphatic imine (C=N–C) groups is 1. The van der Waals surface area contributed by atoms with Crippen molar-refractivity contribution in [2.24, 2.45) is 4.99 Å². The van der Waals surface area contributed by atoms with Crippen LogP contribution < -0.4 is 10.2 Å². The van der Waals surface area contributed by atoms with Crippen LogP contribution in [-0.4, -0.2) is 55.7 Å². The van der Waals surface area contributed by atoms with Gasteiger partial charge in [-0.2, -0.15) is 0 Å². The molecule has 6 heteroatoms. The predicted molar refractivity (Wildman–Crippen MR) is 108 cm³/mol. The molecule has 2 N–H and O–H groups in total. The third-order valence-electron chi connectivity index (χ3n) is 4.83. The van der Waals surface area contributed by atoms with Gasteiger partial charge in [0.15, 0.2) is 5.96 Å². The van der Waals surface area contributed by atoms with Crippen LogP contribution in [0.15, 0.2) is 53.5 Å². The summed E-state index contributed by atoms with van der Waals surface area (Å²) in [6.07, 6.45) is 1.75. The zero-order valence-corrected chi connectivity index (χ0v) is 15.7. The minimum atomic E-state index is -0.182. The maximum atomic E-state index is 13.2. The van der Waals surface area contributed by atoms with Gasteiger partial charge in [-0.15, -0.1) is 0 Å². The molecular formula is C21H27FN4O. The lowest BCUT2D eigenvalue weighted by atomic mass is 10.1. The molecule has 1 aliphatic rings. The van der Waals surface area contributed by atoms with Gasteiger partial charge in [-0.1, -0.05) is 24.3 Å². The largest absolute Gasteiger partial charge is 0.506 e. The smallest absolute Gasteiger partial charge is 0.193 e. The molecule has 2 aromatic carbocycles. The van der Waals surface area contributed by atoms with Crippen molar-refractivity contribution in [2.45, 2.75) is 12.8 Å². The van der Waals surface area contributed by atoms with Gasteiger partial charge < -0.3 is 20.2 Å². The normalized spacial score (nSPS) is 15.1. The van der Waals surface area contributed by atoms with E-state index in [0.717, 1.165) is 62.8 Å². The molecule has 0 amide bonds. The molecule has 0 unspecified atom stereocenters. The fraction of sp³-hybridized carbons (Fsp3) is 0.381. The number of guanidine groups is 1. The highest BCUT2D eigenvalue weighted by atomic mass is 19.1. The van der Waals surface area contributed by atoms with Crippen LogP contribution in [0.25, 0.3) is 0 Å². The molecule has 0 bridgehead atoms. The highest BCUT2D eigenvalue weighted by molar-refractivity contribution is 5.80. The molecule has 1 saturated heterocycles. The molecule has 1 heterocycles. The summed E-state index contributed by atoms with van der Waals surface area (Å²) in [6.45, 7) is 4.15. The zero-order valence-electron chi connectivity index (χ0n) is 15.7. The van der Waals surface area contributed by atoms with E-state index in [2.05, 4.69) is 20.1 Å². The molecule has 0 aromatic heterocycles. The second kappa shape index (κ2) is 9.26. The predicted octanol–water partition coefficient (Wildman–Crippen LogP) is 2.86. The van der Waals surface area contributed by atoms with Gasteiger partial charge in [0.25, 0.3) is 0 Å². The molecular weight excluding hydrogens is 343 g/mol. The molecule has 2 aromatic rings. The molecule has 27 heavy (non-hydrogen) atoms. The minimum absolute atomic E-state index is 0.182. The lowest BCUT2D eigenvalue weighted by Crippen LogP contribution is -2.52. The number of piperazine rings is 1. The fourth-order valence-corrected chi connectivity index (χ4v) is 3.41. The number of nitrogens with one attached hydrogen (secondary N) is 1. The number of halogens is 1. The summed E-state index contributed by atoms with van der Waals surface area (Å²) in [4.78, 5) is 8.82. The van der Waals surface area contributed by atoms with E-state index in [1.165, 1.54) is 6.07 Å². The van der Waals surface area contributed by atoms with E-state index in [9.17, 15) is 9.50 Å². The first-order valence-electron chi connectivity index (χ1n) is 9.40. The molecule has 1 aliphatic heterocycles. The number of rotatable bonds is 5. The maximum Gasteiger partial charge on any atom is 0.193 e. The Morgan fingerprint density at radius 3 is 2.59 bits per heavy atom. The minimum Gasteiger partial charge on any atom is -0.506 e. The van der Waals surface area contributed by atoms with Gasteiger partial charge in [-0.25, -0.2) is 4.39 Å². The van der Waals surface area contributed by atoms with Crippen molar-refractivity contribution in [3.8, 4) is 5.75 Å². The number of anilines is 1. The van der Waals surface area contributed by atoms with Gasteiger partial charge in [0, 0.05) is 39.8 Å². The Kier molecular flexibility index (Phi) is 6.52. The van der Waals surface area contributed by atoms with E-state index in [1.807, 2.05) is 24.3 Å². The monoisotopic (exact) mass is 370 g/mol. The third-order valence-corrected chi connectivity index (χ3v) is 4.83. The number of nitrogens with zero attached hydrogens (tertiary/aromatic N) is 3. The summed E-state index contributed by atoms with van der Waals surface area (Å²) in [5.41, 5.74) is 1.90. The Labute approximate surface area is 160 Å². The van der Waals surface area contributed by atoms with Crippen LogP contribution in [-0.2, 0) is 6.42 Å². The van der Waals surface area contributed by atoms with Crippen LogP contribution in [0.1, 0.15) is 12.0 Å². The zero-order chi connectivity index (χ0) is 19.1. The van der Waals surface area contributed by atoms with Gasteiger partial charge in [0.05, 0.1) is 5.69 Å². The third kappa shape index (κ3) is 5.12. The Morgan fingerprint density at radius 2 is 1.89 bits per heavy atom. The van der Waals surface area contributed by atoms with Gasteiger partial charge >= 0.3 is 0 Å². The summed E-state index contributed by atoms with van der Waals surface area (Å²) >= 11 is 0. The number of para-hydroxylation sites is 2. The molecule has 0 radical (unpaired) electrons. The van der Waals surface area contributed by atoms with E-state index in [-0.39, 0.29) is 5.82 Å². The van der Waals surface area contributed by atoms with Crippen molar-refractivity contribution >= 4 is 11.6 Å². The average molecular weight is 370 g/mol. The summed E-state index contributed by atoms with van der Waals surface area (Å²) in [7, 11) is 1.80. The highest BCUT2D eigenvalue weighted by Gasteiger charge is 2.21. The topological polar surface area (TPSA) is 51.1 Å². The van der Waals surface area contributed by atoms with Gasteiger partial charge in [0.1, 0.15) is 11.6 Å². The molecule has 0 saturated carbocycles. The Morgan fingerprint density at radius 1 is 1.11 bits per heavy atom. The summed E-state index contributed by atoms with van der Waals surface area (Å²) in [5.74, 6) is 1.04. The van der Waals surface area contributed by atoms with E-state index in [1.54, 1.807) is 25.2 Å². The number of phenols is 1. The first kappa shape index (κ1) is 19.0. The molecule has 0 atom stereocenters. The number of benzene rings is 2. The van der Waals surface area contributed by atoms with Crippen molar-refractivity contribution < 1.29 is 9.50 Å². The van der Waals surface area contributed by atoms with E-state index in [4.69, 9.17) is 0 Å². The van der Waals surface area contributed by atoms with Gasteiger partial charge in [0.2, 0.25) is 0 Å². The van der Waals surface area contributed by atoms with Gasteiger partial charge in [-0.05, 0) is 42.7 Å². The average Bonchev–Trinajstić information content (AvgIpc) is 2.69. The van der Waals surface area contributed by atoms with Crippen molar-refractivity contribution in [1.82, 2.24) is 10.2 Å². The number of hydrogen-bond donors (Lipinski definition) is 2. The van der Waals surface area contributed by atoms with Crippen molar-refractivity contribution in [3.63, 3.8) is 0 Å². The number of aryl methyl sites for hydroxylation is 1. The standard InChI is InChI=1S/C21H27FN4O/c1-23-21(24-11-5-7-17-6-4-8-18(22)16-17)26-14-12-25(13-15-26)19-9-2-3-10-20(19)27/h2-4,6,8-10,16,27H,5,7,11-15H2,1H3,(H,23,24). The van der Waals surface area contributed by atoms with E-state index in [0.29, 0.717) is 5.75 Å². The molecule has 5 nitrogen and oxygen atoms in total. The molecule has 144 valence electrons. The van der Waals surface area contributed by atoms with Gasteiger partial charge in [-0.3, -0.25) is 4.99 Å². The first-order chi connectivity index (χ1) is 13.2. The second-order valence-electron chi connectivity index (χ2n) is 6.67. The molecule has 3 rings (SSSR count).